The molecule has 2 unspecified atom stereocenters. The molecule has 1 aliphatic rings. The van der Waals surface area contributed by atoms with Crippen LogP contribution in [0.25, 0.3) is 0 Å². The fourth-order valence-electron chi connectivity index (χ4n) is 3.70. The first-order valence-electron chi connectivity index (χ1n) is 10.4. The van der Waals surface area contributed by atoms with Crippen molar-refractivity contribution in [2.45, 2.75) is 45.7 Å². The second-order valence-electron chi connectivity index (χ2n) is 7.91. The van der Waals surface area contributed by atoms with E-state index in [4.69, 9.17) is 4.74 Å². The van der Waals surface area contributed by atoms with Crippen molar-refractivity contribution in [1.82, 2.24) is 5.32 Å². The zero-order valence-corrected chi connectivity index (χ0v) is 18.4. The maximum Gasteiger partial charge on any atom is 0.308 e. The number of nitrogens with one attached hydrogen (secondary N) is 2. The third kappa shape index (κ3) is 5.72. The quantitative estimate of drug-likeness (QED) is 0.676. The molecule has 8 nitrogen and oxygen atoms in total. The molecule has 1 aliphatic heterocycles. The number of amides is 3. The number of benzene rings is 2. The highest BCUT2D eigenvalue weighted by Crippen LogP contribution is 2.31. The van der Waals surface area contributed by atoms with Gasteiger partial charge in [0.15, 0.2) is 6.61 Å². The number of nitrogens with zero attached hydrogens (tertiary/aromatic N) is 1. The minimum absolute atomic E-state index is 0.109. The lowest BCUT2D eigenvalue weighted by Crippen LogP contribution is -2.41. The van der Waals surface area contributed by atoms with Gasteiger partial charge in [0, 0.05) is 19.4 Å². The summed E-state index contributed by atoms with van der Waals surface area (Å²) in [5, 5.41) is 5.54. The fraction of sp³-hybridized carbons (Fsp3) is 0.333. The van der Waals surface area contributed by atoms with Crippen LogP contribution >= 0.6 is 0 Å². The number of esters is 1. The lowest BCUT2D eigenvalue weighted by atomic mass is 10.0. The number of para-hydroxylation sites is 2. The van der Waals surface area contributed by atoms with E-state index in [-0.39, 0.29) is 24.7 Å². The molecule has 0 saturated carbocycles. The van der Waals surface area contributed by atoms with Gasteiger partial charge in [-0.25, -0.2) is 0 Å². The van der Waals surface area contributed by atoms with E-state index in [1.54, 1.807) is 31.2 Å². The predicted molar refractivity (Wildman–Crippen MR) is 120 cm³/mol. The average molecular weight is 437 g/mol. The largest absolute Gasteiger partial charge is 0.455 e. The molecule has 1 heterocycles. The van der Waals surface area contributed by atoms with E-state index in [9.17, 15) is 19.2 Å². The predicted octanol–water partition coefficient (Wildman–Crippen LogP) is 2.87. The van der Waals surface area contributed by atoms with Crippen molar-refractivity contribution < 1.29 is 23.9 Å². The van der Waals surface area contributed by atoms with Gasteiger partial charge < -0.3 is 20.3 Å². The topological polar surface area (TPSA) is 105 Å². The number of fused-ring (bicyclic) bond motifs is 1. The summed E-state index contributed by atoms with van der Waals surface area (Å²) in [4.78, 5) is 50.6. The van der Waals surface area contributed by atoms with Crippen molar-refractivity contribution in [3.63, 3.8) is 0 Å². The first kappa shape index (κ1) is 23.0. The Hall–Kier alpha value is -3.68. The smallest absolute Gasteiger partial charge is 0.308 e. The van der Waals surface area contributed by atoms with E-state index in [2.05, 4.69) is 10.6 Å². The SMILES string of the molecule is CC(=O)NC(CC(=O)OCC(=O)N1c2ccccc2NC(=O)CC1C)c1ccc(C)cc1. The molecule has 0 aliphatic carbocycles. The van der Waals surface area contributed by atoms with Crippen molar-refractivity contribution in [3.05, 3.63) is 59.7 Å². The van der Waals surface area contributed by atoms with E-state index in [1.165, 1.54) is 11.8 Å². The number of rotatable bonds is 6. The molecule has 0 fully saturated rings. The molecule has 2 N–H and O–H groups in total. The van der Waals surface area contributed by atoms with Crippen LogP contribution in [-0.4, -0.2) is 36.3 Å². The summed E-state index contributed by atoms with van der Waals surface area (Å²) in [5.74, 6) is -1.50. The Labute approximate surface area is 186 Å². The van der Waals surface area contributed by atoms with Crippen molar-refractivity contribution in [2.24, 2.45) is 0 Å². The summed E-state index contributed by atoms with van der Waals surface area (Å²) in [6.07, 6.45) is 0.0223. The zero-order chi connectivity index (χ0) is 23.3. The second kappa shape index (κ2) is 10.1. The molecular weight excluding hydrogens is 410 g/mol. The molecule has 2 aromatic rings. The zero-order valence-electron chi connectivity index (χ0n) is 18.4. The van der Waals surface area contributed by atoms with Crippen LogP contribution in [-0.2, 0) is 23.9 Å². The molecular formula is C24H27N3O5. The molecule has 0 radical (unpaired) electrons. The van der Waals surface area contributed by atoms with Gasteiger partial charge in [0.2, 0.25) is 11.8 Å². The van der Waals surface area contributed by atoms with Gasteiger partial charge in [0.1, 0.15) is 0 Å². The summed E-state index contributed by atoms with van der Waals surface area (Å²) in [7, 11) is 0. The first-order chi connectivity index (χ1) is 15.2. The molecule has 0 saturated heterocycles. The summed E-state index contributed by atoms with van der Waals surface area (Å²) in [6.45, 7) is 4.63. The lowest BCUT2D eigenvalue weighted by molar-refractivity contribution is -0.148. The molecule has 0 spiro atoms. The Morgan fingerprint density at radius 2 is 1.84 bits per heavy atom. The highest BCUT2D eigenvalue weighted by molar-refractivity contribution is 6.05. The minimum Gasteiger partial charge on any atom is -0.455 e. The lowest BCUT2D eigenvalue weighted by Gasteiger charge is -2.27. The number of carbonyl (C=O) groups is 4. The molecule has 168 valence electrons. The molecule has 32 heavy (non-hydrogen) atoms. The average Bonchev–Trinajstić information content (AvgIpc) is 2.86. The number of aryl methyl sites for hydroxylation is 1. The maximum absolute atomic E-state index is 12.9. The standard InChI is InChI=1S/C24H27N3O5/c1-15-8-10-18(11-9-15)20(25-17(3)28)13-24(31)32-14-23(30)27-16(2)12-22(29)26-19-6-4-5-7-21(19)27/h4-11,16,20H,12-14H2,1-3H3,(H,25,28)(H,26,29). The second-order valence-corrected chi connectivity index (χ2v) is 7.91. The third-order valence-electron chi connectivity index (χ3n) is 5.21. The van der Waals surface area contributed by atoms with Crippen LogP contribution in [0, 0.1) is 6.92 Å². The molecule has 2 aromatic carbocycles. The van der Waals surface area contributed by atoms with Gasteiger partial charge in [-0.3, -0.25) is 19.2 Å². The number of hydrogen-bond acceptors (Lipinski definition) is 5. The van der Waals surface area contributed by atoms with Gasteiger partial charge >= 0.3 is 5.97 Å². The van der Waals surface area contributed by atoms with Crippen molar-refractivity contribution in [2.75, 3.05) is 16.8 Å². The monoisotopic (exact) mass is 437 g/mol. The number of hydrogen-bond donors (Lipinski definition) is 2. The van der Waals surface area contributed by atoms with Gasteiger partial charge in [-0.15, -0.1) is 0 Å². The van der Waals surface area contributed by atoms with Gasteiger partial charge in [0.25, 0.3) is 5.91 Å². The van der Waals surface area contributed by atoms with Crippen molar-refractivity contribution in [1.29, 1.82) is 0 Å². The molecule has 3 amide bonds. The summed E-state index contributed by atoms with van der Waals surface area (Å²) in [6, 6.07) is 13.5. The van der Waals surface area contributed by atoms with Crippen LogP contribution in [0.3, 0.4) is 0 Å². The summed E-state index contributed by atoms with van der Waals surface area (Å²) >= 11 is 0. The van der Waals surface area contributed by atoms with Gasteiger partial charge in [0.05, 0.1) is 23.8 Å². The number of ether oxygens (including phenoxy) is 1. The van der Waals surface area contributed by atoms with Crippen LogP contribution in [0.1, 0.15) is 43.9 Å². The van der Waals surface area contributed by atoms with Crippen LogP contribution in [0.2, 0.25) is 0 Å². The first-order valence-corrected chi connectivity index (χ1v) is 10.4. The third-order valence-corrected chi connectivity index (χ3v) is 5.21. The van der Waals surface area contributed by atoms with Crippen LogP contribution in [0.15, 0.2) is 48.5 Å². The fourth-order valence-corrected chi connectivity index (χ4v) is 3.70. The van der Waals surface area contributed by atoms with E-state index in [0.29, 0.717) is 11.4 Å². The normalized spacial score (nSPS) is 16.3. The Balaban J connectivity index is 1.68. The Kier molecular flexibility index (Phi) is 7.25. The van der Waals surface area contributed by atoms with Crippen molar-refractivity contribution >= 4 is 35.1 Å². The van der Waals surface area contributed by atoms with Crippen LogP contribution < -0.4 is 15.5 Å². The van der Waals surface area contributed by atoms with Crippen LogP contribution in [0.4, 0.5) is 11.4 Å². The van der Waals surface area contributed by atoms with E-state index in [0.717, 1.165) is 11.1 Å². The molecule has 2 atom stereocenters. The maximum atomic E-state index is 12.9. The minimum atomic E-state index is -0.609. The van der Waals surface area contributed by atoms with E-state index < -0.39 is 30.6 Å². The van der Waals surface area contributed by atoms with Gasteiger partial charge in [-0.05, 0) is 31.5 Å². The number of carbonyl (C=O) groups excluding carboxylic acids is 4. The Morgan fingerprint density at radius 3 is 2.53 bits per heavy atom. The van der Waals surface area contributed by atoms with Gasteiger partial charge in [-0.1, -0.05) is 42.0 Å². The van der Waals surface area contributed by atoms with E-state index >= 15 is 0 Å². The summed E-state index contributed by atoms with van der Waals surface area (Å²) in [5.41, 5.74) is 2.92. The molecule has 8 heteroatoms. The Morgan fingerprint density at radius 1 is 1.16 bits per heavy atom. The number of anilines is 2. The van der Waals surface area contributed by atoms with Crippen molar-refractivity contribution in [3.8, 4) is 0 Å². The van der Waals surface area contributed by atoms with Crippen LogP contribution in [0.5, 0.6) is 0 Å². The van der Waals surface area contributed by atoms with Gasteiger partial charge in [-0.2, -0.15) is 0 Å². The molecule has 0 bridgehead atoms. The highest BCUT2D eigenvalue weighted by atomic mass is 16.5. The summed E-state index contributed by atoms with van der Waals surface area (Å²) < 4.78 is 5.26. The Bertz CT molecular complexity index is 1020. The van der Waals surface area contributed by atoms with E-state index in [1.807, 2.05) is 31.2 Å². The highest BCUT2D eigenvalue weighted by Gasteiger charge is 2.30. The molecule has 3 rings (SSSR count). The molecule has 0 aromatic heterocycles.